The van der Waals surface area contributed by atoms with E-state index in [1.807, 2.05) is 6.07 Å². The Labute approximate surface area is 122 Å². The normalized spacial score (nSPS) is 15.0. The predicted octanol–water partition coefficient (Wildman–Crippen LogP) is -0.586. The third kappa shape index (κ3) is 4.32. The largest absolute Gasteiger partial charge is 0.480 e. The van der Waals surface area contributed by atoms with E-state index < -0.39 is 12.6 Å². The van der Waals surface area contributed by atoms with Crippen LogP contribution in [0, 0.1) is 0 Å². The Morgan fingerprint density at radius 2 is 1.95 bits per heavy atom. The number of aliphatic carboxylic acids is 1. The van der Waals surface area contributed by atoms with E-state index in [4.69, 9.17) is 15.6 Å². The van der Waals surface area contributed by atoms with Crippen LogP contribution in [0.3, 0.4) is 0 Å². The van der Waals surface area contributed by atoms with Gasteiger partial charge in [-0.05, 0) is 12.1 Å². The zero-order valence-electron chi connectivity index (χ0n) is 11.6. The van der Waals surface area contributed by atoms with Crippen molar-refractivity contribution < 1.29 is 19.4 Å². The number of aromatic nitrogens is 1. The van der Waals surface area contributed by atoms with E-state index in [1.165, 1.54) is 0 Å². The lowest BCUT2D eigenvalue weighted by molar-refractivity contribution is -0.145. The number of ether oxygens (including phenoxy) is 1. The van der Waals surface area contributed by atoms with Crippen molar-refractivity contribution >= 4 is 23.4 Å². The summed E-state index contributed by atoms with van der Waals surface area (Å²) < 4.78 is 4.81. The number of rotatable bonds is 5. The molecule has 2 rings (SSSR count). The molecule has 21 heavy (non-hydrogen) atoms. The van der Waals surface area contributed by atoms with Gasteiger partial charge in [-0.1, -0.05) is 0 Å². The molecule has 1 aliphatic rings. The molecule has 1 fully saturated rings. The van der Waals surface area contributed by atoms with Gasteiger partial charge in [-0.3, -0.25) is 4.79 Å². The number of hydrogen-bond donors (Lipinski definition) is 2. The Balaban J connectivity index is 1.78. The summed E-state index contributed by atoms with van der Waals surface area (Å²) in [6, 6.07) is 3.64. The van der Waals surface area contributed by atoms with Gasteiger partial charge in [0, 0.05) is 26.2 Å². The fourth-order valence-corrected chi connectivity index (χ4v) is 2.12. The standard InChI is InChI=1S/C13H18N4O4/c14-11-2-1-10(7-15-11)16-3-5-17(6-4-16)12(18)8-21-9-13(19)20/h1-2,7H,3-6,8-9H2,(H2,14,15)(H,19,20). The molecule has 0 unspecified atom stereocenters. The van der Waals surface area contributed by atoms with Crippen molar-refractivity contribution in [2.75, 3.05) is 50.0 Å². The van der Waals surface area contributed by atoms with Gasteiger partial charge in [-0.2, -0.15) is 0 Å². The van der Waals surface area contributed by atoms with Crippen LogP contribution in [0.4, 0.5) is 11.5 Å². The van der Waals surface area contributed by atoms with Crippen molar-refractivity contribution in [3.8, 4) is 0 Å². The van der Waals surface area contributed by atoms with Crippen LogP contribution in [0.2, 0.25) is 0 Å². The van der Waals surface area contributed by atoms with Gasteiger partial charge in [-0.25, -0.2) is 9.78 Å². The maximum absolute atomic E-state index is 11.8. The number of piperazine rings is 1. The van der Waals surface area contributed by atoms with Gasteiger partial charge in [0.05, 0.1) is 11.9 Å². The SMILES string of the molecule is Nc1ccc(N2CCN(C(=O)COCC(=O)O)CC2)cn1. The molecule has 0 spiro atoms. The van der Waals surface area contributed by atoms with Crippen molar-refractivity contribution in [2.24, 2.45) is 0 Å². The molecule has 0 bridgehead atoms. The van der Waals surface area contributed by atoms with Gasteiger partial charge in [0.2, 0.25) is 5.91 Å². The van der Waals surface area contributed by atoms with Gasteiger partial charge in [0.1, 0.15) is 19.0 Å². The zero-order valence-corrected chi connectivity index (χ0v) is 11.6. The summed E-state index contributed by atoms with van der Waals surface area (Å²) in [5, 5.41) is 8.45. The summed E-state index contributed by atoms with van der Waals surface area (Å²) in [4.78, 5) is 30.0. The van der Waals surface area contributed by atoms with Crippen LogP contribution in [0.1, 0.15) is 0 Å². The summed E-state index contributed by atoms with van der Waals surface area (Å²) in [7, 11) is 0. The van der Waals surface area contributed by atoms with E-state index in [1.54, 1.807) is 17.2 Å². The van der Waals surface area contributed by atoms with E-state index in [0.717, 1.165) is 5.69 Å². The fraction of sp³-hybridized carbons (Fsp3) is 0.462. The molecule has 2 heterocycles. The van der Waals surface area contributed by atoms with Gasteiger partial charge in [0.15, 0.2) is 0 Å². The van der Waals surface area contributed by atoms with Crippen LogP contribution in [0.5, 0.6) is 0 Å². The first kappa shape index (κ1) is 15.0. The molecule has 0 radical (unpaired) electrons. The number of carboxylic acid groups (broad SMARTS) is 1. The second-order valence-corrected chi connectivity index (χ2v) is 4.70. The zero-order chi connectivity index (χ0) is 15.2. The highest BCUT2D eigenvalue weighted by molar-refractivity contribution is 5.78. The lowest BCUT2D eigenvalue weighted by Crippen LogP contribution is -2.49. The van der Waals surface area contributed by atoms with E-state index in [9.17, 15) is 9.59 Å². The quantitative estimate of drug-likeness (QED) is 0.747. The number of carboxylic acids is 1. The topological polar surface area (TPSA) is 109 Å². The number of anilines is 2. The van der Waals surface area contributed by atoms with Crippen LogP contribution >= 0.6 is 0 Å². The van der Waals surface area contributed by atoms with Gasteiger partial charge in [0.25, 0.3) is 0 Å². The number of pyridine rings is 1. The molecule has 8 nitrogen and oxygen atoms in total. The monoisotopic (exact) mass is 294 g/mol. The minimum atomic E-state index is -1.08. The van der Waals surface area contributed by atoms with Crippen molar-refractivity contribution in [1.82, 2.24) is 9.88 Å². The molecule has 1 saturated heterocycles. The molecule has 8 heteroatoms. The average Bonchev–Trinajstić information content (AvgIpc) is 2.48. The minimum Gasteiger partial charge on any atom is -0.480 e. The van der Waals surface area contributed by atoms with E-state index in [-0.39, 0.29) is 12.5 Å². The molecule has 0 aromatic carbocycles. The molecule has 0 saturated carbocycles. The molecule has 1 aromatic heterocycles. The van der Waals surface area contributed by atoms with E-state index >= 15 is 0 Å². The van der Waals surface area contributed by atoms with Gasteiger partial charge >= 0.3 is 5.97 Å². The predicted molar refractivity (Wildman–Crippen MR) is 75.9 cm³/mol. The average molecular weight is 294 g/mol. The first-order chi connectivity index (χ1) is 10.1. The number of carbonyl (C=O) groups is 2. The van der Waals surface area contributed by atoms with Crippen molar-refractivity contribution in [3.05, 3.63) is 18.3 Å². The molecule has 3 N–H and O–H groups in total. The van der Waals surface area contributed by atoms with Crippen LogP contribution in [-0.2, 0) is 14.3 Å². The van der Waals surface area contributed by atoms with Crippen LogP contribution < -0.4 is 10.6 Å². The van der Waals surface area contributed by atoms with E-state index in [0.29, 0.717) is 32.0 Å². The van der Waals surface area contributed by atoms with Crippen LogP contribution in [0.25, 0.3) is 0 Å². The number of hydrogen-bond acceptors (Lipinski definition) is 6. The van der Waals surface area contributed by atoms with Crippen molar-refractivity contribution in [3.63, 3.8) is 0 Å². The van der Waals surface area contributed by atoms with Crippen molar-refractivity contribution in [2.45, 2.75) is 0 Å². The first-order valence-corrected chi connectivity index (χ1v) is 6.60. The highest BCUT2D eigenvalue weighted by Crippen LogP contribution is 2.16. The maximum atomic E-state index is 11.8. The Hall–Kier alpha value is -2.35. The molecule has 0 atom stereocenters. The van der Waals surface area contributed by atoms with Crippen LogP contribution in [0.15, 0.2) is 18.3 Å². The number of amides is 1. The molecule has 1 amide bonds. The number of nitrogens with two attached hydrogens (primary N) is 1. The number of carbonyl (C=O) groups excluding carboxylic acids is 1. The highest BCUT2D eigenvalue weighted by Gasteiger charge is 2.21. The maximum Gasteiger partial charge on any atom is 0.329 e. The Kier molecular flexibility index (Phi) is 4.94. The minimum absolute atomic E-state index is 0.189. The second-order valence-electron chi connectivity index (χ2n) is 4.70. The summed E-state index contributed by atoms with van der Waals surface area (Å²) in [6.07, 6.45) is 1.71. The summed E-state index contributed by atoms with van der Waals surface area (Å²) >= 11 is 0. The number of nitrogen functional groups attached to an aromatic ring is 1. The van der Waals surface area contributed by atoms with Gasteiger partial charge < -0.3 is 25.4 Å². The third-order valence-electron chi connectivity index (χ3n) is 3.22. The first-order valence-electron chi connectivity index (χ1n) is 6.60. The number of nitrogens with zero attached hydrogens (tertiary/aromatic N) is 3. The lowest BCUT2D eigenvalue weighted by Gasteiger charge is -2.35. The van der Waals surface area contributed by atoms with Gasteiger partial charge in [-0.15, -0.1) is 0 Å². The highest BCUT2D eigenvalue weighted by atomic mass is 16.5. The third-order valence-corrected chi connectivity index (χ3v) is 3.22. The van der Waals surface area contributed by atoms with E-state index in [2.05, 4.69) is 9.88 Å². The molecule has 114 valence electrons. The molecule has 1 aliphatic heterocycles. The van der Waals surface area contributed by atoms with Crippen LogP contribution in [-0.4, -0.2) is 66.3 Å². The Bertz CT molecular complexity index is 497. The molecular formula is C13H18N4O4. The Morgan fingerprint density at radius 3 is 2.52 bits per heavy atom. The summed E-state index contributed by atoms with van der Waals surface area (Å²) in [6.45, 7) is 1.87. The second kappa shape index (κ2) is 6.89. The summed E-state index contributed by atoms with van der Waals surface area (Å²) in [5.41, 5.74) is 6.52. The van der Waals surface area contributed by atoms with Crippen molar-refractivity contribution in [1.29, 1.82) is 0 Å². The Morgan fingerprint density at radius 1 is 1.24 bits per heavy atom. The molecular weight excluding hydrogens is 276 g/mol. The fourth-order valence-electron chi connectivity index (χ4n) is 2.12. The smallest absolute Gasteiger partial charge is 0.329 e. The molecule has 0 aliphatic carbocycles. The molecule has 1 aromatic rings. The summed E-state index contributed by atoms with van der Waals surface area (Å²) in [5.74, 6) is -0.794. The lowest BCUT2D eigenvalue weighted by atomic mass is 10.2.